The number of imidazole rings is 1. The van der Waals surface area contributed by atoms with Crippen LogP contribution in [0.3, 0.4) is 0 Å². The smallest absolute Gasteiger partial charge is 0.277 e. The van der Waals surface area contributed by atoms with Gasteiger partial charge in [-0.3, -0.25) is 9.67 Å². The van der Waals surface area contributed by atoms with Crippen molar-refractivity contribution >= 4 is 27.7 Å². The standard InChI is InChI=1S/C13H10BrF2N5S/c14-9-4-2-1-3-8(9)11-18-13(20-19-11)22-7-10-17-5-6-21(10)12(15)16/h1-6,12H,7H2,(H,18,19,20). The van der Waals surface area contributed by atoms with Crippen LogP contribution < -0.4 is 0 Å². The molecule has 0 aliphatic carbocycles. The maximum atomic E-state index is 12.7. The van der Waals surface area contributed by atoms with Gasteiger partial charge in [-0.05, 0) is 6.07 Å². The molecule has 2 aromatic heterocycles. The summed E-state index contributed by atoms with van der Waals surface area (Å²) in [6.07, 6.45) is 2.61. The van der Waals surface area contributed by atoms with Crippen molar-refractivity contribution in [2.24, 2.45) is 0 Å². The average molecular weight is 386 g/mol. The summed E-state index contributed by atoms with van der Waals surface area (Å²) < 4.78 is 27.2. The first kappa shape index (κ1) is 15.2. The van der Waals surface area contributed by atoms with Gasteiger partial charge in [0.2, 0.25) is 5.16 Å². The minimum absolute atomic E-state index is 0.268. The predicted molar refractivity (Wildman–Crippen MR) is 82.6 cm³/mol. The molecule has 0 unspecified atom stereocenters. The molecule has 22 heavy (non-hydrogen) atoms. The molecule has 3 aromatic rings. The molecule has 9 heteroatoms. The summed E-state index contributed by atoms with van der Waals surface area (Å²) in [5.74, 6) is 1.17. The van der Waals surface area contributed by atoms with Crippen molar-refractivity contribution in [1.82, 2.24) is 24.7 Å². The number of hydrogen-bond donors (Lipinski definition) is 1. The summed E-state index contributed by atoms with van der Waals surface area (Å²) in [7, 11) is 0. The van der Waals surface area contributed by atoms with Crippen LogP contribution in [0.1, 0.15) is 12.4 Å². The van der Waals surface area contributed by atoms with Gasteiger partial charge in [-0.25, -0.2) is 9.97 Å². The van der Waals surface area contributed by atoms with E-state index in [0.29, 0.717) is 11.0 Å². The van der Waals surface area contributed by atoms with Crippen LogP contribution in [-0.2, 0) is 5.75 Å². The quantitative estimate of drug-likeness (QED) is 0.671. The molecule has 5 nitrogen and oxygen atoms in total. The van der Waals surface area contributed by atoms with E-state index in [-0.39, 0.29) is 11.6 Å². The van der Waals surface area contributed by atoms with Gasteiger partial charge in [0.1, 0.15) is 5.82 Å². The van der Waals surface area contributed by atoms with Crippen molar-refractivity contribution in [2.45, 2.75) is 17.5 Å². The van der Waals surface area contributed by atoms with Crippen LogP contribution in [0, 0.1) is 0 Å². The Balaban J connectivity index is 1.73. The fourth-order valence-corrected chi connectivity index (χ4v) is 3.07. The molecule has 114 valence electrons. The molecule has 3 rings (SSSR count). The molecule has 0 fully saturated rings. The van der Waals surface area contributed by atoms with Crippen molar-refractivity contribution in [1.29, 1.82) is 0 Å². The van der Waals surface area contributed by atoms with Crippen LogP contribution in [0.25, 0.3) is 11.4 Å². The predicted octanol–water partition coefficient (Wildman–Crippen LogP) is 4.12. The Hall–Kier alpha value is -1.74. The maximum absolute atomic E-state index is 12.7. The molecule has 0 radical (unpaired) electrons. The van der Waals surface area contributed by atoms with E-state index in [0.717, 1.165) is 14.6 Å². The Kier molecular flexibility index (Phi) is 4.53. The number of aromatic amines is 1. The first-order valence-electron chi connectivity index (χ1n) is 6.25. The summed E-state index contributed by atoms with van der Waals surface area (Å²) in [5, 5.41) is 7.41. The van der Waals surface area contributed by atoms with Gasteiger partial charge >= 0.3 is 6.55 Å². The highest BCUT2D eigenvalue weighted by Crippen LogP contribution is 2.27. The summed E-state index contributed by atoms with van der Waals surface area (Å²) in [4.78, 5) is 8.28. The Bertz CT molecular complexity index is 773. The van der Waals surface area contributed by atoms with Crippen molar-refractivity contribution in [3.05, 3.63) is 47.0 Å². The Morgan fingerprint density at radius 3 is 2.91 bits per heavy atom. The van der Waals surface area contributed by atoms with Crippen LogP contribution in [0.5, 0.6) is 0 Å². The topological polar surface area (TPSA) is 59.4 Å². The lowest BCUT2D eigenvalue weighted by molar-refractivity contribution is 0.0678. The third-order valence-corrected chi connectivity index (χ3v) is 4.42. The molecule has 0 saturated heterocycles. The van der Waals surface area contributed by atoms with E-state index in [1.165, 1.54) is 24.2 Å². The average Bonchev–Trinajstić information content (AvgIpc) is 3.14. The minimum atomic E-state index is -2.60. The fraction of sp³-hybridized carbons (Fsp3) is 0.154. The number of H-pyrrole nitrogens is 1. The molecular weight excluding hydrogens is 376 g/mol. The van der Waals surface area contributed by atoms with Crippen LogP contribution >= 0.6 is 27.7 Å². The van der Waals surface area contributed by atoms with Crippen LogP contribution in [-0.4, -0.2) is 24.7 Å². The second-order valence-corrected chi connectivity index (χ2v) is 6.06. The zero-order chi connectivity index (χ0) is 15.5. The summed E-state index contributed by atoms with van der Waals surface area (Å²) in [5.41, 5.74) is 0.885. The van der Waals surface area contributed by atoms with Gasteiger partial charge < -0.3 is 0 Å². The second-order valence-electron chi connectivity index (χ2n) is 4.26. The van der Waals surface area contributed by atoms with E-state index < -0.39 is 6.55 Å². The fourth-order valence-electron chi connectivity index (χ4n) is 1.85. The van der Waals surface area contributed by atoms with E-state index in [9.17, 15) is 8.78 Å². The lowest BCUT2D eigenvalue weighted by atomic mass is 10.2. The molecule has 1 aromatic carbocycles. The van der Waals surface area contributed by atoms with E-state index in [4.69, 9.17) is 0 Å². The zero-order valence-electron chi connectivity index (χ0n) is 11.1. The minimum Gasteiger partial charge on any atom is -0.277 e. The van der Waals surface area contributed by atoms with Crippen molar-refractivity contribution < 1.29 is 8.78 Å². The monoisotopic (exact) mass is 385 g/mol. The highest BCUT2D eigenvalue weighted by atomic mass is 79.9. The van der Waals surface area contributed by atoms with Gasteiger partial charge in [-0.2, -0.15) is 8.78 Å². The highest BCUT2D eigenvalue weighted by Gasteiger charge is 2.13. The molecule has 0 bridgehead atoms. The molecular formula is C13H10BrF2N5S. The molecule has 0 spiro atoms. The SMILES string of the molecule is FC(F)n1ccnc1CSc1n[nH]c(-c2ccccc2Br)n1. The molecule has 0 aliphatic rings. The lowest BCUT2D eigenvalue weighted by Gasteiger charge is -2.04. The molecule has 0 aliphatic heterocycles. The summed E-state index contributed by atoms with van der Waals surface area (Å²) in [6.45, 7) is -2.60. The van der Waals surface area contributed by atoms with E-state index in [1.54, 1.807) is 0 Å². The largest absolute Gasteiger partial charge is 0.319 e. The van der Waals surface area contributed by atoms with E-state index in [1.807, 2.05) is 24.3 Å². The van der Waals surface area contributed by atoms with Gasteiger partial charge in [0.15, 0.2) is 5.82 Å². The summed E-state index contributed by atoms with van der Waals surface area (Å²) >= 11 is 4.69. The third kappa shape index (κ3) is 3.20. The van der Waals surface area contributed by atoms with Gasteiger partial charge in [-0.1, -0.05) is 45.9 Å². The number of aromatic nitrogens is 5. The number of thioether (sulfide) groups is 1. The Morgan fingerprint density at radius 1 is 1.32 bits per heavy atom. The van der Waals surface area contributed by atoms with Crippen LogP contribution in [0.15, 0.2) is 46.3 Å². The van der Waals surface area contributed by atoms with Crippen molar-refractivity contribution in [2.75, 3.05) is 0 Å². The number of rotatable bonds is 5. The Labute approximate surface area is 137 Å². The molecule has 0 amide bonds. The molecule has 0 atom stereocenters. The second kappa shape index (κ2) is 6.57. The van der Waals surface area contributed by atoms with Crippen molar-refractivity contribution in [3.8, 4) is 11.4 Å². The number of benzene rings is 1. The normalized spacial score (nSPS) is 11.3. The number of alkyl halides is 2. The number of halogens is 3. The number of nitrogens with one attached hydrogen (secondary N) is 1. The van der Waals surface area contributed by atoms with Gasteiger partial charge in [-0.15, -0.1) is 5.10 Å². The number of hydrogen-bond acceptors (Lipinski definition) is 4. The summed E-state index contributed by atoms with van der Waals surface area (Å²) in [6, 6.07) is 7.62. The van der Waals surface area contributed by atoms with E-state index in [2.05, 4.69) is 36.1 Å². The molecule has 2 heterocycles. The van der Waals surface area contributed by atoms with E-state index >= 15 is 0 Å². The zero-order valence-corrected chi connectivity index (χ0v) is 13.5. The third-order valence-electron chi connectivity index (χ3n) is 2.88. The van der Waals surface area contributed by atoms with Gasteiger partial charge in [0, 0.05) is 22.4 Å². The van der Waals surface area contributed by atoms with Gasteiger partial charge in [0.25, 0.3) is 0 Å². The van der Waals surface area contributed by atoms with Crippen LogP contribution in [0.4, 0.5) is 8.78 Å². The highest BCUT2D eigenvalue weighted by molar-refractivity contribution is 9.10. The number of nitrogens with zero attached hydrogens (tertiary/aromatic N) is 4. The first-order chi connectivity index (χ1) is 10.6. The van der Waals surface area contributed by atoms with Crippen LogP contribution in [0.2, 0.25) is 0 Å². The maximum Gasteiger partial charge on any atom is 0.319 e. The lowest BCUT2D eigenvalue weighted by Crippen LogP contribution is -2.02. The van der Waals surface area contributed by atoms with Gasteiger partial charge in [0.05, 0.1) is 5.75 Å². The molecule has 0 saturated carbocycles. The molecule has 1 N–H and O–H groups in total. The first-order valence-corrected chi connectivity index (χ1v) is 8.03. The Morgan fingerprint density at radius 2 is 2.14 bits per heavy atom. The van der Waals surface area contributed by atoms with Crippen molar-refractivity contribution in [3.63, 3.8) is 0 Å².